The smallest absolute Gasteiger partial charge is 0.309 e. The van der Waals surface area contributed by atoms with Crippen LogP contribution in [0, 0.1) is 57.7 Å². The molecule has 8 heteroatoms. The minimum Gasteiger partial charge on any atom is -0.481 e. The Hall–Kier alpha value is -2.48. The standard InChI is InChI=1S/C41H59NO6S/c1-23(2)32-26(43)21-41(42-34(45)27-13-11-24(3)49-27)20-19-39(9)25(33(32)41)12-14-29-38(8)17-16-30(48-31(44)22-36(4,5)35(46)47)37(6,7)28(38)15-18-40(29,39)10/h11,13,23,28-30,32H,12,14-22H2,1-10H3,(H,42,45)(H,46,47)/t28?,29?,30-,32?,38-,39+,40+,41+/m0/s1. The first kappa shape index (κ1) is 36.3. The van der Waals surface area contributed by atoms with Crippen LogP contribution in [-0.2, 0) is 19.1 Å². The van der Waals surface area contributed by atoms with E-state index in [0.717, 1.165) is 56.2 Å². The highest BCUT2D eigenvalue weighted by molar-refractivity contribution is 7.13. The molecule has 0 spiro atoms. The van der Waals surface area contributed by atoms with Gasteiger partial charge in [0.25, 0.3) is 5.91 Å². The summed E-state index contributed by atoms with van der Waals surface area (Å²) < 4.78 is 6.15. The van der Waals surface area contributed by atoms with Gasteiger partial charge in [-0.1, -0.05) is 54.0 Å². The Balaban J connectivity index is 1.33. The van der Waals surface area contributed by atoms with Crippen molar-refractivity contribution < 1.29 is 29.0 Å². The molecule has 3 unspecified atom stereocenters. The summed E-state index contributed by atoms with van der Waals surface area (Å²) in [6.07, 6.45) is 7.59. The van der Waals surface area contributed by atoms with Gasteiger partial charge >= 0.3 is 11.9 Å². The number of nitrogens with one attached hydrogen (secondary N) is 1. The predicted molar refractivity (Wildman–Crippen MR) is 192 cm³/mol. The van der Waals surface area contributed by atoms with E-state index in [9.17, 15) is 24.3 Å². The van der Waals surface area contributed by atoms with E-state index >= 15 is 0 Å². The molecule has 1 amide bonds. The van der Waals surface area contributed by atoms with Gasteiger partial charge in [-0.3, -0.25) is 19.2 Å². The number of allylic oxidation sites excluding steroid dienone is 1. The normalized spacial score (nSPS) is 38.3. The van der Waals surface area contributed by atoms with Gasteiger partial charge in [-0.15, -0.1) is 11.3 Å². The first-order valence-electron chi connectivity index (χ1n) is 18.7. The minimum absolute atomic E-state index is 0.0259. The highest BCUT2D eigenvalue weighted by atomic mass is 32.1. The van der Waals surface area contributed by atoms with Gasteiger partial charge in [0, 0.05) is 22.6 Å². The molecule has 6 rings (SSSR count). The molecule has 49 heavy (non-hydrogen) atoms. The van der Waals surface area contributed by atoms with Crippen molar-refractivity contribution in [1.82, 2.24) is 5.32 Å². The van der Waals surface area contributed by atoms with E-state index in [4.69, 9.17) is 4.74 Å². The number of rotatable bonds is 7. The molecular formula is C41H59NO6S. The summed E-state index contributed by atoms with van der Waals surface area (Å²) in [5, 5.41) is 13.1. The number of amides is 1. The van der Waals surface area contributed by atoms with Gasteiger partial charge in [0.1, 0.15) is 11.9 Å². The number of ether oxygens (including phenoxy) is 1. The Labute approximate surface area is 297 Å². The van der Waals surface area contributed by atoms with Crippen molar-refractivity contribution in [3.05, 3.63) is 33.0 Å². The van der Waals surface area contributed by atoms with Gasteiger partial charge in [-0.05, 0) is 124 Å². The van der Waals surface area contributed by atoms with Crippen LogP contribution in [0.2, 0.25) is 0 Å². The molecule has 2 N–H and O–H groups in total. The van der Waals surface area contributed by atoms with E-state index in [1.807, 2.05) is 19.1 Å². The lowest BCUT2D eigenvalue weighted by Crippen LogP contribution is -2.65. The topological polar surface area (TPSA) is 110 Å². The number of carboxylic acids is 1. The van der Waals surface area contributed by atoms with Crippen LogP contribution in [-0.4, -0.2) is 40.4 Å². The van der Waals surface area contributed by atoms with E-state index in [-0.39, 0.29) is 57.7 Å². The lowest BCUT2D eigenvalue weighted by molar-refractivity contribution is -0.214. The number of aliphatic carboxylic acids is 1. The van der Waals surface area contributed by atoms with E-state index in [1.54, 1.807) is 13.8 Å². The van der Waals surface area contributed by atoms with E-state index < -0.39 is 22.9 Å². The quantitative estimate of drug-likeness (QED) is 0.218. The molecule has 1 aromatic heterocycles. The summed E-state index contributed by atoms with van der Waals surface area (Å²) in [5.41, 5.74) is 0.677. The van der Waals surface area contributed by atoms with Crippen molar-refractivity contribution in [2.45, 2.75) is 145 Å². The third-order valence-electron chi connectivity index (χ3n) is 15.0. The van der Waals surface area contributed by atoms with Crippen LogP contribution in [0.25, 0.3) is 0 Å². The predicted octanol–water partition coefficient (Wildman–Crippen LogP) is 8.93. The maximum absolute atomic E-state index is 13.9. The van der Waals surface area contributed by atoms with Gasteiger partial charge in [0.15, 0.2) is 0 Å². The Morgan fingerprint density at radius 3 is 2.31 bits per heavy atom. The fourth-order valence-corrected chi connectivity index (χ4v) is 13.1. The third-order valence-corrected chi connectivity index (χ3v) is 16.0. The van der Waals surface area contributed by atoms with Crippen molar-refractivity contribution in [2.24, 2.45) is 50.7 Å². The number of carbonyl (C=O) groups is 4. The van der Waals surface area contributed by atoms with Crippen LogP contribution in [0.4, 0.5) is 0 Å². The highest BCUT2D eigenvalue weighted by Gasteiger charge is 2.69. The molecule has 4 fully saturated rings. The molecule has 0 bridgehead atoms. The number of hydrogen-bond acceptors (Lipinski definition) is 6. The van der Waals surface area contributed by atoms with Crippen LogP contribution in [0.1, 0.15) is 141 Å². The lowest BCUT2D eigenvalue weighted by atomic mass is 9.34. The maximum Gasteiger partial charge on any atom is 0.309 e. The molecule has 1 aromatic rings. The fourth-order valence-electron chi connectivity index (χ4n) is 12.3. The van der Waals surface area contributed by atoms with Crippen molar-refractivity contribution >= 4 is 35.0 Å². The van der Waals surface area contributed by atoms with Gasteiger partial charge in [-0.25, -0.2) is 0 Å². The summed E-state index contributed by atoms with van der Waals surface area (Å²) in [6, 6.07) is 3.89. The van der Waals surface area contributed by atoms with Crippen LogP contribution in [0.5, 0.6) is 0 Å². The summed E-state index contributed by atoms with van der Waals surface area (Å²) in [6.45, 7) is 21.6. The number of carboxylic acid groups (broad SMARTS) is 1. The largest absolute Gasteiger partial charge is 0.481 e. The summed E-state index contributed by atoms with van der Waals surface area (Å²) in [5.74, 6) is -0.364. The van der Waals surface area contributed by atoms with E-state index in [2.05, 4.69) is 53.8 Å². The lowest BCUT2D eigenvalue weighted by Gasteiger charge is -2.70. The molecule has 270 valence electrons. The zero-order valence-corrected chi connectivity index (χ0v) is 32.3. The SMILES string of the molecule is Cc1ccc(C(=O)N[C@@]23CC[C@]4(C)C(=C2C(C(C)C)C(=O)C3)CCC2[C@@]3(C)CC[C@H](OC(=O)CC(C)(C)C(=O)O)C(C)(C)C3CC[C@]24C)s1. The number of aryl methyl sites for hydroxylation is 1. The molecular weight excluding hydrogens is 635 g/mol. The molecule has 0 radical (unpaired) electrons. The summed E-state index contributed by atoms with van der Waals surface area (Å²) in [7, 11) is 0. The average Bonchev–Trinajstić information content (AvgIpc) is 3.55. The zero-order chi connectivity index (χ0) is 36.1. The maximum atomic E-state index is 13.9. The monoisotopic (exact) mass is 693 g/mol. The summed E-state index contributed by atoms with van der Waals surface area (Å²) >= 11 is 1.51. The number of carbonyl (C=O) groups excluding carboxylic acids is 3. The Morgan fingerprint density at radius 1 is 1.00 bits per heavy atom. The number of Topliss-reactive ketones (excluding diaryl/α,β-unsaturated/α-hetero) is 1. The zero-order valence-electron chi connectivity index (χ0n) is 31.5. The number of hydrogen-bond donors (Lipinski definition) is 2. The van der Waals surface area contributed by atoms with Crippen molar-refractivity contribution in [3.63, 3.8) is 0 Å². The number of esters is 1. The Bertz CT molecular complexity index is 1600. The molecule has 0 aliphatic heterocycles. The van der Waals surface area contributed by atoms with Crippen molar-refractivity contribution in [1.29, 1.82) is 0 Å². The summed E-state index contributed by atoms with van der Waals surface area (Å²) in [4.78, 5) is 54.2. The Morgan fingerprint density at radius 2 is 1.69 bits per heavy atom. The van der Waals surface area contributed by atoms with Crippen LogP contribution in [0.15, 0.2) is 23.3 Å². The molecule has 4 saturated carbocycles. The highest BCUT2D eigenvalue weighted by Crippen LogP contribution is 2.75. The first-order chi connectivity index (χ1) is 22.6. The first-order valence-corrected chi connectivity index (χ1v) is 19.5. The second-order valence-corrected chi connectivity index (χ2v) is 20.1. The molecule has 8 atom stereocenters. The third kappa shape index (κ3) is 5.39. The number of fused-ring (bicyclic) bond motifs is 6. The number of ketones is 1. The van der Waals surface area contributed by atoms with Gasteiger partial charge in [-0.2, -0.15) is 0 Å². The second-order valence-electron chi connectivity index (χ2n) is 18.8. The van der Waals surface area contributed by atoms with Crippen molar-refractivity contribution in [2.75, 3.05) is 0 Å². The van der Waals surface area contributed by atoms with Gasteiger partial charge in [0.05, 0.1) is 22.3 Å². The molecule has 7 nitrogen and oxygen atoms in total. The van der Waals surface area contributed by atoms with E-state index in [0.29, 0.717) is 23.1 Å². The Kier molecular flexibility index (Phi) is 8.73. The van der Waals surface area contributed by atoms with Crippen molar-refractivity contribution in [3.8, 4) is 0 Å². The molecule has 0 aromatic carbocycles. The van der Waals surface area contributed by atoms with Crippen LogP contribution in [0.3, 0.4) is 0 Å². The van der Waals surface area contributed by atoms with Crippen LogP contribution >= 0.6 is 11.3 Å². The molecule has 5 aliphatic carbocycles. The number of thiophene rings is 1. The molecule has 0 saturated heterocycles. The molecule has 5 aliphatic rings. The minimum atomic E-state index is -1.16. The van der Waals surface area contributed by atoms with Crippen LogP contribution < -0.4 is 5.32 Å². The van der Waals surface area contributed by atoms with E-state index in [1.165, 1.54) is 22.5 Å². The molecule has 1 heterocycles. The van der Waals surface area contributed by atoms with Gasteiger partial charge < -0.3 is 15.2 Å². The second kappa shape index (κ2) is 11.8. The fraction of sp³-hybridized carbons (Fsp3) is 0.756. The average molecular weight is 694 g/mol. The van der Waals surface area contributed by atoms with Gasteiger partial charge in [0.2, 0.25) is 0 Å².